The summed E-state index contributed by atoms with van der Waals surface area (Å²) in [6.07, 6.45) is 2.19. The molecule has 1 amide bonds. The molecule has 7 heteroatoms. The molecule has 0 bridgehead atoms. The second-order valence-corrected chi connectivity index (χ2v) is 6.08. The highest BCUT2D eigenvalue weighted by Crippen LogP contribution is 2.39. The number of anilines is 1. The van der Waals surface area contributed by atoms with E-state index < -0.39 is 0 Å². The van der Waals surface area contributed by atoms with Crippen LogP contribution in [0.4, 0.5) is 5.69 Å². The number of nitrogens with one attached hydrogen (secondary N) is 1. The molecule has 0 aliphatic heterocycles. The Kier molecular flexibility index (Phi) is 4.24. The van der Waals surface area contributed by atoms with E-state index in [0.717, 1.165) is 12.8 Å². The van der Waals surface area contributed by atoms with E-state index >= 15 is 0 Å². The van der Waals surface area contributed by atoms with Crippen molar-refractivity contribution in [1.29, 1.82) is 0 Å². The summed E-state index contributed by atoms with van der Waals surface area (Å²) in [5, 5.41) is 11.0. The molecule has 22 heavy (non-hydrogen) atoms. The summed E-state index contributed by atoms with van der Waals surface area (Å²) in [6, 6.07) is 6.85. The van der Waals surface area contributed by atoms with Crippen LogP contribution < -0.4 is 5.32 Å². The van der Waals surface area contributed by atoms with Gasteiger partial charge in [-0.1, -0.05) is 23.9 Å². The number of amides is 1. The van der Waals surface area contributed by atoms with Gasteiger partial charge >= 0.3 is 0 Å². The molecular formula is C15H15N3O3S. The molecule has 0 saturated heterocycles. The van der Waals surface area contributed by atoms with Gasteiger partial charge in [-0.15, -0.1) is 10.2 Å². The summed E-state index contributed by atoms with van der Waals surface area (Å²) in [5.41, 5.74) is 1.17. The van der Waals surface area contributed by atoms with Crippen LogP contribution in [0, 0.1) is 0 Å². The molecule has 1 aliphatic carbocycles. The van der Waals surface area contributed by atoms with E-state index in [4.69, 9.17) is 4.42 Å². The number of carbonyl (C=O) groups excluding carboxylic acids is 2. The van der Waals surface area contributed by atoms with Crippen LogP contribution in [-0.2, 0) is 4.79 Å². The van der Waals surface area contributed by atoms with Gasteiger partial charge in [-0.3, -0.25) is 9.59 Å². The molecule has 6 nitrogen and oxygen atoms in total. The Morgan fingerprint density at radius 1 is 1.36 bits per heavy atom. The minimum atomic E-state index is -0.183. The first-order chi connectivity index (χ1) is 10.6. The predicted molar refractivity (Wildman–Crippen MR) is 82.1 cm³/mol. The van der Waals surface area contributed by atoms with Gasteiger partial charge in [0.1, 0.15) is 0 Å². The normalized spacial score (nSPS) is 13.9. The Hall–Kier alpha value is -2.15. The zero-order valence-electron chi connectivity index (χ0n) is 12.0. The van der Waals surface area contributed by atoms with Crippen molar-refractivity contribution in [3.8, 4) is 0 Å². The molecule has 0 spiro atoms. The maximum absolute atomic E-state index is 11.9. The highest BCUT2D eigenvalue weighted by molar-refractivity contribution is 7.99. The van der Waals surface area contributed by atoms with E-state index in [0.29, 0.717) is 28.3 Å². The van der Waals surface area contributed by atoms with Crippen molar-refractivity contribution in [3.05, 3.63) is 35.7 Å². The van der Waals surface area contributed by atoms with Crippen LogP contribution in [-0.4, -0.2) is 27.6 Å². The third-order valence-corrected chi connectivity index (χ3v) is 4.05. The van der Waals surface area contributed by atoms with E-state index in [1.165, 1.54) is 18.7 Å². The second-order valence-electron chi connectivity index (χ2n) is 5.15. The van der Waals surface area contributed by atoms with Crippen LogP contribution >= 0.6 is 11.8 Å². The van der Waals surface area contributed by atoms with Crippen molar-refractivity contribution in [1.82, 2.24) is 10.2 Å². The van der Waals surface area contributed by atoms with Crippen LogP contribution in [0.2, 0.25) is 0 Å². The fraction of sp³-hybridized carbons (Fsp3) is 0.333. The maximum atomic E-state index is 11.9. The lowest BCUT2D eigenvalue weighted by atomic mass is 10.1. The van der Waals surface area contributed by atoms with Gasteiger partial charge in [-0.2, -0.15) is 0 Å². The molecule has 114 valence electrons. The summed E-state index contributed by atoms with van der Waals surface area (Å²) in [5.74, 6) is 1.03. The Morgan fingerprint density at radius 3 is 2.91 bits per heavy atom. The van der Waals surface area contributed by atoms with Crippen molar-refractivity contribution < 1.29 is 14.0 Å². The fourth-order valence-corrected chi connectivity index (χ4v) is 2.48. The van der Waals surface area contributed by atoms with Crippen LogP contribution in [0.3, 0.4) is 0 Å². The largest absolute Gasteiger partial charge is 0.416 e. The van der Waals surface area contributed by atoms with Gasteiger partial charge in [-0.25, -0.2) is 0 Å². The number of carbonyl (C=O) groups is 2. The molecular weight excluding hydrogens is 302 g/mol. The number of thioether (sulfide) groups is 1. The lowest BCUT2D eigenvalue weighted by Crippen LogP contribution is -2.14. The molecule has 3 rings (SSSR count). The number of rotatable bonds is 6. The lowest BCUT2D eigenvalue weighted by Gasteiger charge is -2.05. The number of ketones is 1. The quantitative estimate of drug-likeness (QED) is 0.651. The van der Waals surface area contributed by atoms with Gasteiger partial charge in [-0.05, 0) is 31.9 Å². The molecule has 0 unspecified atom stereocenters. The summed E-state index contributed by atoms with van der Waals surface area (Å²) >= 11 is 1.21. The van der Waals surface area contributed by atoms with Crippen LogP contribution in [0.25, 0.3) is 0 Å². The first-order valence-electron chi connectivity index (χ1n) is 6.99. The fourth-order valence-electron chi connectivity index (χ4n) is 1.91. The average Bonchev–Trinajstić information content (AvgIpc) is 3.24. The van der Waals surface area contributed by atoms with Crippen molar-refractivity contribution in [2.24, 2.45) is 0 Å². The standard InChI is InChI=1S/C15H15N3O3S/c1-9(19)11-3-2-4-12(7-11)16-13(20)8-22-15-18-17-14(21-15)10-5-6-10/h2-4,7,10H,5-6,8H2,1H3,(H,16,20). The lowest BCUT2D eigenvalue weighted by molar-refractivity contribution is -0.113. The number of Topliss-reactive ketones (excluding diaryl/α,β-unsaturated/α-hetero) is 1. The molecule has 1 heterocycles. The smallest absolute Gasteiger partial charge is 0.277 e. The second kappa shape index (κ2) is 6.31. The molecule has 1 aromatic carbocycles. The van der Waals surface area contributed by atoms with Crippen molar-refractivity contribution >= 4 is 29.1 Å². The first-order valence-corrected chi connectivity index (χ1v) is 7.97. The molecule has 1 saturated carbocycles. The molecule has 0 atom stereocenters. The average molecular weight is 317 g/mol. The molecule has 1 N–H and O–H groups in total. The Morgan fingerprint density at radius 2 is 2.18 bits per heavy atom. The van der Waals surface area contributed by atoms with E-state index in [2.05, 4.69) is 15.5 Å². The van der Waals surface area contributed by atoms with Crippen molar-refractivity contribution in [3.63, 3.8) is 0 Å². The van der Waals surface area contributed by atoms with Crippen LogP contribution in [0.1, 0.15) is 41.9 Å². The SMILES string of the molecule is CC(=O)c1cccc(NC(=O)CSc2nnc(C3CC3)o2)c1. The van der Waals surface area contributed by atoms with Crippen LogP contribution in [0.5, 0.6) is 0 Å². The number of benzene rings is 1. The highest BCUT2D eigenvalue weighted by Gasteiger charge is 2.29. The molecule has 1 aromatic heterocycles. The molecule has 2 aromatic rings. The number of nitrogens with zero attached hydrogens (tertiary/aromatic N) is 2. The topological polar surface area (TPSA) is 85.1 Å². The Bertz CT molecular complexity index is 710. The Balaban J connectivity index is 1.53. The van der Waals surface area contributed by atoms with E-state index in [9.17, 15) is 9.59 Å². The summed E-state index contributed by atoms with van der Waals surface area (Å²) in [6.45, 7) is 1.49. The number of hydrogen-bond donors (Lipinski definition) is 1. The zero-order valence-corrected chi connectivity index (χ0v) is 12.9. The van der Waals surface area contributed by atoms with Gasteiger partial charge in [0, 0.05) is 17.2 Å². The van der Waals surface area contributed by atoms with Gasteiger partial charge < -0.3 is 9.73 Å². The summed E-state index contributed by atoms with van der Waals surface area (Å²) in [7, 11) is 0. The van der Waals surface area contributed by atoms with Crippen molar-refractivity contribution in [2.75, 3.05) is 11.1 Å². The summed E-state index contributed by atoms with van der Waals surface area (Å²) < 4.78 is 5.47. The van der Waals surface area contributed by atoms with Gasteiger partial charge in [0.15, 0.2) is 5.78 Å². The third-order valence-electron chi connectivity index (χ3n) is 3.23. The van der Waals surface area contributed by atoms with E-state index in [-0.39, 0.29) is 17.4 Å². The van der Waals surface area contributed by atoms with Crippen molar-refractivity contribution in [2.45, 2.75) is 30.9 Å². The monoisotopic (exact) mass is 317 g/mol. The highest BCUT2D eigenvalue weighted by atomic mass is 32.2. The third kappa shape index (κ3) is 3.73. The van der Waals surface area contributed by atoms with Crippen LogP contribution in [0.15, 0.2) is 33.9 Å². The zero-order chi connectivity index (χ0) is 15.5. The molecule has 0 radical (unpaired) electrons. The van der Waals surface area contributed by atoms with Gasteiger partial charge in [0.25, 0.3) is 5.22 Å². The molecule has 1 fully saturated rings. The predicted octanol–water partition coefficient (Wildman–Crippen LogP) is 2.88. The Labute approximate surface area is 131 Å². The minimum absolute atomic E-state index is 0.0380. The van der Waals surface area contributed by atoms with E-state index in [1.807, 2.05) is 0 Å². The molecule has 1 aliphatic rings. The first kappa shape index (κ1) is 14.8. The van der Waals surface area contributed by atoms with E-state index in [1.54, 1.807) is 24.3 Å². The number of hydrogen-bond acceptors (Lipinski definition) is 6. The van der Waals surface area contributed by atoms with Gasteiger partial charge in [0.05, 0.1) is 5.75 Å². The van der Waals surface area contributed by atoms with Gasteiger partial charge in [0.2, 0.25) is 11.8 Å². The summed E-state index contributed by atoms with van der Waals surface area (Å²) in [4.78, 5) is 23.2. The minimum Gasteiger partial charge on any atom is -0.416 e. The maximum Gasteiger partial charge on any atom is 0.277 e. The number of aromatic nitrogens is 2.